The molecular formula is C21H30O17. The first-order valence-electron chi connectivity index (χ1n) is 11.3. The lowest BCUT2D eigenvalue weighted by Gasteiger charge is -2.09. The highest BCUT2D eigenvalue weighted by atomic mass is 16.8. The molecule has 0 amide bonds. The summed E-state index contributed by atoms with van der Waals surface area (Å²) in [6.45, 7) is 0.208. The summed E-state index contributed by atoms with van der Waals surface area (Å²) in [5.41, 5.74) is 0. The van der Waals surface area contributed by atoms with Crippen LogP contribution < -0.4 is 0 Å². The lowest BCUT2D eigenvalue weighted by Crippen LogP contribution is -2.26. The van der Waals surface area contributed by atoms with Crippen molar-refractivity contribution in [2.45, 2.75) is 44.0 Å². The van der Waals surface area contributed by atoms with Crippen LogP contribution in [0.4, 0.5) is 14.4 Å². The molecular weight excluding hydrogens is 524 g/mol. The zero-order valence-electron chi connectivity index (χ0n) is 20.5. The molecule has 3 aliphatic heterocycles. The molecule has 0 radical (unpaired) electrons. The zero-order chi connectivity index (χ0) is 28.3. The van der Waals surface area contributed by atoms with Crippen molar-refractivity contribution in [3.8, 4) is 0 Å². The molecule has 17 nitrogen and oxygen atoms in total. The number of hydrogen-bond acceptors (Lipinski definition) is 17. The van der Waals surface area contributed by atoms with Crippen LogP contribution in [0.25, 0.3) is 0 Å². The molecule has 0 aromatic heterocycles. The number of ether oxygens (including phenoxy) is 9. The van der Waals surface area contributed by atoms with Gasteiger partial charge in [0, 0.05) is 13.2 Å². The number of hydrogen-bond donors (Lipinski definition) is 2. The number of methoxy groups -OCH3 is 1. The molecule has 0 bridgehead atoms. The van der Waals surface area contributed by atoms with Gasteiger partial charge in [0.25, 0.3) is 0 Å². The van der Waals surface area contributed by atoms with Gasteiger partial charge in [-0.3, -0.25) is 0 Å². The normalized spacial score (nSPS) is 20.9. The molecule has 0 spiro atoms. The average molecular weight is 554 g/mol. The van der Waals surface area contributed by atoms with E-state index < -0.39 is 54.7 Å². The van der Waals surface area contributed by atoms with E-state index in [9.17, 15) is 28.8 Å². The summed E-state index contributed by atoms with van der Waals surface area (Å²) in [4.78, 5) is 64.9. The van der Waals surface area contributed by atoms with Crippen molar-refractivity contribution in [3.05, 3.63) is 0 Å². The monoisotopic (exact) mass is 554 g/mol. The van der Waals surface area contributed by atoms with E-state index in [1.807, 2.05) is 0 Å². The van der Waals surface area contributed by atoms with E-state index in [4.69, 9.17) is 19.7 Å². The third-order valence-corrected chi connectivity index (χ3v) is 4.36. The van der Waals surface area contributed by atoms with Crippen LogP contribution in [0, 0.1) is 0 Å². The van der Waals surface area contributed by atoms with Crippen LogP contribution in [-0.4, -0.2) is 118 Å². The van der Waals surface area contributed by atoms with Gasteiger partial charge in [0.1, 0.15) is 19.8 Å². The van der Waals surface area contributed by atoms with Gasteiger partial charge in [-0.2, -0.15) is 0 Å². The molecule has 3 saturated heterocycles. The van der Waals surface area contributed by atoms with Gasteiger partial charge in [-0.1, -0.05) is 0 Å². The minimum Gasteiger partial charge on any atom is -0.466 e. The summed E-state index contributed by atoms with van der Waals surface area (Å²) in [7, 11) is 1.22. The Morgan fingerprint density at radius 2 is 1.00 bits per heavy atom. The number of aliphatic hydroxyl groups excluding tert-OH is 2. The van der Waals surface area contributed by atoms with Crippen molar-refractivity contribution in [3.63, 3.8) is 0 Å². The fourth-order valence-corrected chi connectivity index (χ4v) is 2.42. The van der Waals surface area contributed by atoms with E-state index in [1.54, 1.807) is 0 Å². The van der Waals surface area contributed by atoms with Gasteiger partial charge in [-0.25, -0.2) is 28.8 Å². The number of carbonyl (C=O) groups is 6. The topological polar surface area (TPSA) is 226 Å². The van der Waals surface area contributed by atoms with Gasteiger partial charge in [0.05, 0.1) is 20.3 Å². The molecule has 0 aromatic rings. The van der Waals surface area contributed by atoms with Crippen LogP contribution in [0.5, 0.6) is 0 Å². The molecule has 3 unspecified atom stereocenters. The molecule has 3 rings (SSSR count). The fraction of sp³-hybridized carbons (Fsp3) is 0.714. The number of aliphatic hydroxyl groups is 2. The second kappa shape index (κ2) is 18.4. The predicted octanol–water partition coefficient (Wildman–Crippen LogP) is -0.630. The molecule has 17 heteroatoms. The Bertz CT molecular complexity index is 751. The first-order valence-corrected chi connectivity index (χ1v) is 11.3. The van der Waals surface area contributed by atoms with Gasteiger partial charge in [0.2, 0.25) is 18.3 Å². The van der Waals surface area contributed by atoms with E-state index in [0.717, 1.165) is 12.8 Å². The molecule has 3 heterocycles. The Hall–Kier alpha value is -3.86. The van der Waals surface area contributed by atoms with Crippen LogP contribution in [0.2, 0.25) is 0 Å². The van der Waals surface area contributed by atoms with E-state index >= 15 is 0 Å². The SMILES string of the molecule is COC(=O)C1COC(=O)O1.O=C1OCC(C(=O)OCCCCOC(=O)C2COC(=O)O2)O1.OCCCCO. The third kappa shape index (κ3) is 12.9. The Kier molecular flexibility index (Phi) is 15.6. The first kappa shape index (κ1) is 32.2. The number of esters is 3. The summed E-state index contributed by atoms with van der Waals surface area (Å²) in [5.74, 6) is -1.96. The Labute approximate surface area is 216 Å². The van der Waals surface area contributed by atoms with Gasteiger partial charge < -0.3 is 52.8 Å². The molecule has 216 valence electrons. The maximum atomic E-state index is 11.4. The van der Waals surface area contributed by atoms with E-state index in [2.05, 4.69) is 33.2 Å². The highest BCUT2D eigenvalue weighted by molar-refractivity contribution is 5.80. The van der Waals surface area contributed by atoms with E-state index in [1.165, 1.54) is 7.11 Å². The Balaban J connectivity index is 0.000000371. The summed E-state index contributed by atoms with van der Waals surface area (Å²) < 4.78 is 40.7. The fourth-order valence-electron chi connectivity index (χ4n) is 2.42. The molecule has 0 saturated carbocycles. The van der Waals surface area contributed by atoms with Crippen LogP contribution in [0.15, 0.2) is 0 Å². The summed E-state index contributed by atoms with van der Waals surface area (Å²) >= 11 is 0. The summed E-state index contributed by atoms with van der Waals surface area (Å²) in [6.07, 6.45) is -3.22. The maximum Gasteiger partial charge on any atom is 0.509 e. The Morgan fingerprint density at radius 1 is 0.658 bits per heavy atom. The number of carbonyl (C=O) groups excluding carboxylic acids is 6. The summed E-state index contributed by atoms with van der Waals surface area (Å²) in [5, 5.41) is 16.2. The third-order valence-electron chi connectivity index (χ3n) is 4.36. The van der Waals surface area contributed by atoms with E-state index in [-0.39, 0.29) is 46.2 Å². The lowest BCUT2D eigenvalue weighted by molar-refractivity contribution is -0.154. The highest BCUT2D eigenvalue weighted by Crippen LogP contribution is 2.10. The number of cyclic esters (lactones) is 6. The molecule has 3 atom stereocenters. The van der Waals surface area contributed by atoms with Crippen molar-refractivity contribution >= 4 is 36.4 Å². The quantitative estimate of drug-likeness (QED) is 0.184. The molecule has 0 aromatic carbocycles. The van der Waals surface area contributed by atoms with Crippen molar-refractivity contribution in [1.82, 2.24) is 0 Å². The molecule has 0 aliphatic carbocycles. The minimum atomic E-state index is -1.03. The largest absolute Gasteiger partial charge is 0.509 e. The Morgan fingerprint density at radius 3 is 1.26 bits per heavy atom. The molecule has 3 aliphatic rings. The minimum absolute atomic E-state index is 0.0501. The first-order chi connectivity index (χ1) is 18.2. The second-order valence-corrected chi connectivity index (χ2v) is 7.22. The van der Waals surface area contributed by atoms with Crippen LogP contribution in [-0.2, 0) is 57.0 Å². The lowest BCUT2D eigenvalue weighted by atomic mass is 10.3. The van der Waals surface area contributed by atoms with Crippen LogP contribution in [0.1, 0.15) is 25.7 Å². The van der Waals surface area contributed by atoms with Gasteiger partial charge in [-0.15, -0.1) is 0 Å². The van der Waals surface area contributed by atoms with Gasteiger partial charge >= 0.3 is 36.4 Å². The predicted molar refractivity (Wildman–Crippen MR) is 115 cm³/mol. The standard InChI is InChI=1S/C12H14O10.C5H6O5.C4H10O2/c13-9(7-5-19-11(15)21-7)17-3-1-2-4-18-10(14)8-6-20-12(16)22-8;1-8-4(6)3-2-9-5(7)10-3;5-3-1-2-4-6/h7-8H,1-6H2;3H,2H2,1H3;5-6H,1-4H2. The van der Waals surface area contributed by atoms with E-state index in [0.29, 0.717) is 12.8 Å². The van der Waals surface area contributed by atoms with Crippen LogP contribution in [0.3, 0.4) is 0 Å². The van der Waals surface area contributed by atoms with Crippen molar-refractivity contribution in [1.29, 1.82) is 0 Å². The van der Waals surface area contributed by atoms with Crippen molar-refractivity contribution in [2.24, 2.45) is 0 Å². The van der Waals surface area contributed by atoms with Crippen molar-refractivity contribution < 1.29 is 81.6 Å². The smallest absolute Gasteiger partial charge is 0.466 e. The highest BCUT2D eigenvalue weighted by Gasteiger charge is 2.34. The van der Waals surface area contributed by atoms with Gasteiger partial charge in [-0.05, 0) is 25.7 Å². The average Bonchev–Trinajstić information content (AvgIpc) is 3.66. The zero-order valence-corrected chi connectivity index (χ0v) is 20.5. The van der Waals surface area contributed by atoms with Gasteiger partial charge in [0.15, 0.2) is 0 Å². The maximum absolute atomic E-state index is 11.4. The van der Waals surface area contributed by atoms with Crippen LogP contribution >= 0.6 is 0 Å². The molecule has 2 N–H and O–H groups in total. The number of unbranched alkanes of at least 4 members (excludes halogenated alkanes) is 2. The molecule has 38 heavy (non-hydrogen) atoms. The number of rotatable bonds is 11. The van der Waals surface area contributed by atoms with Crippen molar-refractivity contribution in [2.75, 3.05) is 53.4 Å². The summed E-state index contributed by atoms with van der Waals surface area (Å²) in [6, 6.07) is 0. The second-order valence-electron chi connectivity index (χ2n) is 7.22. The molecule has 3 fully saturated rings.